The number of hydrogen-bond donors (Lipinski definition) is 2. The summed E-state index contributed by atoms with van der Waals surface area (Å²) in [6, 6.07) is 6.29. The zero-order valence-corrected chi connectivity index (χ0v) is 14.7. The summed E-state index contributed by atoms with van der Waals surface area (Å²) in [4.78, 5) is 12.3. The predicted octanol–water partition coefficient (Wildman–Crippen LogP) is 2.97. The van der Waals surface area contributed by atoms with E-state index in [4.69, 9.17) is 10.5 Å². The van der Waals surface area contributed by atoms with Crippen LogP contribution in [0.3, 0.4) is 0 Å². The van der Waals surface area contributed by atoms with E-state index in [-0.39, 0.29) is 24.9 Å². The van der Waals surface area contributed by atoms with Crippen LogP contribution < -0.4 is 11.1 Å². The maximum atomic E-state index is 12.8. The number of benzene rings is 1. The van der Waals surface area contributed by atoms with Gasteiger partial charge < -0.3 is 20.5 Å². The van der Waals surface area contributed by atoms with Crippen LogP contribution in [0.2, 0.25) is 0 Å². The van der Waals surface area contributed by atoms with Gasteiger partial charge in [0.05, 0.1) is 6.61 Å². The Morgan fingerprint density at radius 2 is 2.00 bits per heavy atom. The van der Waals surface area contributed by atoms with Gasteiger partial charge >= 0.3 is 12.3 Å². The highest BCUT2D eigenvalue weighted by Gasteiger charge is 2.41. The fraction of sp³-hybridized carbons (Fsp3) is 0.562. The number of carbonyl (C=O) groups excluding carboxylic acids is 1. The third kappa shape index (κ3) is 6.08. The Bertz CT molecular complexity index is 599. The van der Waals surface area contributed by atoms with Gasteiger partial charge in [0.2, 0.25) is 5.91 Å². The number of rotatable bonds is 7. The lowest BCUT2D eigenvalue weighted by molar-refractivity contribution is -0.168. The van der Waals surface area contributed by atoms with Crippen molar-refractivity contribution < 1.29 is 31.8 Å². The summed E-state index contributed by atoms with van der Waals surface area (Å²) >= 11 is 0. The molecule has 0 radical (unpaired) electrons. The zero-order chi connectivity index (χ0) is 18.5. The predicted molar refractivity (Wildman–Crippen MR) is 89.9 cm³/mol. The monoisotopic (exact) mass is 400 g/mol. The molecule has 10 heteroatoms. The van der Waals surface area contributed by atoms with Crippen LogP contribution in [0.1, 0.15) is 18.4 Å². The number of halogens is 5. The van der Waals surface area contributed by atoms with Crippen LogP contribution in [0.5, 0.6) is 0 Å². The standard InChI is InChI=1S/C16H20F4N2O3.ClH/c17-13(18)16(19,20)10-25-9-11-2-1-3-12(8-11)22-14(23)15(21)4-6-24-7-5-15;/h1-3,8,13H,4-7,9-10,21H2,(H,22,23);1H. The largest absolute Gasteiger partial charge is 0.381 e. The van der Waals surface area contributed by atoms with Crippen molar-refractivity contribution in [2.75, 3.05) is 25.1 Å². The highest BCUT2D eigenvalue weighted by Crippen LogP contribution is 2.24. The number of anilines is 1. The van der Waals surface area contributed by atoms with Crippen molar-refractivity contribution in [2.24, 2.45) is 5.73 Å². The first-order chi connectivity index (χ1) is 11.7. The first-order valence-electron chi connectivity index (χ1n) is 7.74. The van der Waals surface area contributed by atoms with Gasteiger partial charge in [-0.05, 0) is 30.5 Å². The summed E-state index contributed by atoms with van der Waals surface area (Å²) in [6.07, 6.45) is -2.99. The number of alkyl halides is 4. The molecule has 2 rings (SSSR count). The van der Waals surface area contributed by atoms with Crippen LogP contribution in [0.4, 0.5) is 23.2 Å². The molecular formula is C16H21ClF4N2O3. The van der Waals surface area contributed by atoms with Crippen LogP contribution in [-0.2, 0) is 20.9 Å². The molecule has 26 heavy (non-hydrogen) atoms. The van der Waals surface area contributed by atoms with E-state index >= 15 is 0 Å². The Kier molecular flexibility index (Phi) is 8.26. The van der Waals surface area contributed by atoms with Crippen LogP contribution in [0.25, 0.3) is 0 Å². The van der Waals surface area contributed by atoms with E-state index in [1.807, 2.05) is 0 Å². The van der Waals surface area contributed by atoms with Gasteiger partial charge in [-0.15, -0.1) is 12.4 Å². The Morgan fingerprint density at radius 3 is 2.62 bits per heavy atom. The second kappa shape index (κ2) is 9.50. The molecule has 0 bridgehead atoms. The minimum atomic E-state index is -4.19. The molecular weight excluding hydrogens is 380 g/mol. The third-order valence-electron chi connectivity index (χ3n) is 3.90. The van der Waals surface area contributed by atoms with Crippen molar-refractivity contribution in [3.05, 3.63) is 29.8 Å². The molecule has 5 nitrogen and oxygen atoms in total. The van der Waals surface area contributed by atoms with Crippen LogP contribution in [0, 0.1) is 0 Å². The molecule has 1 heterocycles. The van der Waals surface area contributed by atoms with Gasteiger partial charge in [-0.25, -0.2) is 8.78 Å². The maximum absolute atomic E-state index is 12.8. The van der Waals surface area contributed by atoms with Crippen LogP contribution in [-0.4, -0.2) is 43.6 Å². The van der Waals surface area contributed by atoms with Gasteiger partial charge in [-0.1, -0.05) is 12.1 Å². The van der Waals surface area contributed by atoms with Gasteiger partial charge in [0.15, 0.2) is 0 Å². The Hall–Kier alpha value is -1.42. The Balaban J connectivity index is 0.00000338. The molecule has 0 atom stereocenters. The molecule has 0 spiro atoms. The lowest BCUT2D eigenvalue weighted by atomic mass is 9.90. The second-order valence-corrected chi connectivity index (χ2v) is 5.98. The molecule has 1 amide bonds. The van der Waals surface area contributed by atoms with Crippen LogP contribution >= 0.6 is 12.4 Å². The highest BCUT2D eigenvalue weighted by atomic mass is 35.5. The van der Waals surface area contributed by atoms with E-state index in [1.54, 1.807) is 18.2 Å². The molecule has 0 saturated carbocycles. The molecule has 1 saturated heterocycles. The minimum Gasteiger partial charge on any atom is -0.381 e. The summed E-state index contributed by atoms with van der Waals surface area (Å²) in [6.45, 7) is -0.868. The van der Waals surface area contributed by atoms with E-state index < -0.39 is 24.5 Å². The van der Waals surface area contributed by atoms with E-state index in [9.17, 15) is 22.4 Å². The zero-order valence-electron chi connectivity index (χ0n) is 13.9. The van der Waals surface area contributed by atoms with Crippen LogP contribution in [0.15, 0.2) is 24.3 Å². The third-order valence-corrected chi connectivity index (χ3v) is 3.90. The summed E-state index contributed by atoms with van der Waals surface area (Å²) in [5.74, 6) is -4.56. The van der Waals surface area contributed by atoms with Gasteiger partial charge in [0.25, 0.3) is 0 Å². The average molecular weight is 401 g/mol. The van der Waals surface area contributed by atoms with Gasteiger partial charge in [-0.2, -0.15) is 8.78 Å². The van der Waals surface area contributed by atoms with E-state index in [0.29, 0.717) is 37.3 Å². The van der Waals surface area contributed by atoms with E-state index in [0.717, 1.165) is 0 Å². The second-order valence-electron chi connectivity index (χ2n) is 5.98. The topological polar surface area (TPSA) is 73.6 Å². The fourth-order valence-corrected chi connectivity index (χ4v) is 2.33. The molecule has 1 aromatic rings. The molecule has 148 valence electrons. The number of nitrogens with one attached hydrogen (secondary N) is 1. The number of ether oxygens (including phenoxy) is 2. The summed E-state index contributed by atoms with van der Waals surface area (Å²) in [5.41, 5.74) is 5.93. The first-order valence-corrected chi connectivity index (χ1v) is 7.74. The lowest BCUT2D eigenvalue weighted by Gasteiger charge is -2.31. The van der Waals surface area contributed by atoms with Crippen molar-refractivity contribution in [3.8, 4) is 0 Å². The van der Waals surface area contributed by atoms with Crippen molar-refractivity contribution in [2.45, 2.75) is 37.3 Å². The van der Waals surface area contributed by atoms with Gasteiger partial charge in [-0.3, -0.25) is 4.79 Å². The number of carbonyl (C=O) groups is 1. The highest BCUT2D eigenvalue weighted by molar-refractivity contribution is 5.98. The molecule has 1 aliphatic rings. The summed E-state index contributed by atoms with van der Waals surface area (Å²) < 4.78 is 59.5. The summed E-state index contributed by atoms with van der Waals surface area (Å²) in [7, 11) is 0. The molecule has 0 aliphatic carbocycles. The van der Waals surface area contributed by atoms with Crippen molar-refractivity contribution >= 4 is 24.0 Å². The number of hydrogen-bond acceptors (Lipinski definition) is 4. The quantitative estimate of drug-likeness (QED) is 0.690. The molecule has 1 aromatic carbocycles. The number of amides is 1. The average Bonchev–Trinajstić information content (AvgIpc) is 2.55. The van der Waals surface area contributed by atoms with Gasteiger partial charge in [0, 0.05) is 18.9 Å². The Morgan fingerprint density at radius 1 is 1.35 bits per heavy atom. The normalized spacial score (nSPS) is 16.8. The van der Waals surface area contributed by atoms with Crippen molar-refractivity contribution in [1.82, 2.24) is 0 Å². The lowest BCUT2D eigenvalue weighted by Crippen LogP contribution is -2.54. The van der Waals surface area contributed by atoms with E-state index in [1.165, 1.54) is 6.07 Å². The smallest absolute Gasteiger partial charge is 0.330 e. The summed E-state index contributed by atoms with van der Waals surface area (Å²) in [5, 5.41) is 2.67. The minimum absolute atomic E-state index is 0. The first kappa shape index (κ1) is 22.6. The fourth-order valence-electron chi connectivity index (χ4n) is 2.33. The van der Waals surface area contributed by atoms with Crippen molar-refractivity contribution in [3.63, 3.8) is 0 Å². The molecule has 3 N–H and O–H groups in total. The molecule has 1 aliphatic heterocycles. The van der Waals surface area contributed by atoms with Gasteiger partial charge in [0.1, 0.15) is 12.1 Å². The molecule has 0 unspecified atom stereocenters. The SMILES string of the molecule is Cl.NC1(C(=O)Nc2cccc(COCC(F)(F)C(F)F)c2)CCOCC1. The Labute approximate surface area is 154 Å². The van der Waals surface area contributed by atoms with E-state index in [2.05, 4.69) is 10.1 Å². The van der Waals surface area contributed by atoms with Crippen molar-refractivity contribution in [1.29, 1.82) is 0 Å². The molecule has 0 aromatic heterocycles. The maximum Gasteiger partial charge on any atom is 0.330 e. The number of nitrogens with two attached hydrogens (primary N) is 1. The molecule has 1 fully saturated rings.